The van der Waals surface area contributed by atoms with Gasteiger partial charge in [-0.05, 0) is 49.7 Å². The van der Waals surface area contributed by atoms with E-state index >= 15 is 0 Å². The fourth-order valence-corrected chi connectivity index (χ4v) is 2.78. The molecule has 1 atom stereocenters. The molecule has 21 heavy (non-hydrogen) atoms. The van der Waals surface area contributed by atoms with E-state index in [-0.39, 0.29) is 12.7 Å². The highest BCUT2D eigenvalue weighted by atomic mass is 16.7. The Morgan fingerprint density at radius 1 is 1.43 bits per heavy atom. The lowest BCUT2D eigenvalue weighted by Crippen LogP contribution is -2.28. The van der Waals surface area contributed by atoms with Gasteiger partial charge in [0.05, 0.1) is 0 Å². The molecule has 0 radical (unpaired) electrons. The number of amides is 1. The average Bonchev–Trinajstić information content (AvgIpc) is 3.13. The van der Waals surface area contributed by atoms with Crippen LogP contribution in [0, 0.1) is 5.92 Å². The summed E-state index contributed by atoms with van der Waals surface area (Å²) in [6.07, 6.45) is 4.54. The maximum atomic E-state index is 12.2. The van der Waals surface area contributed by atoms with Gasteiger partial charge in [-0.15, -0.1) is 0 Å². The lowest BCUT2D eigenvalue weighted by molar-refractivity contribution is -0.125. The van der Waals surface area contributed by atoms with Crippen LogP contribution in [-0.4, -0.2) is 44.3 Å². The van der Waals surface area contributed by atoms with Crippen LogP contribution in [0.3, 0.4) is 0 Å². The van der Waals surface area contributed by atoms with Gasteiger partial charge in [-0.3, -0.25) is 4.79 Å². The molecule has 0 bridgehead atoms. The van der Waals surface area contributed by atoms with Gasteiger partial charge in [0.25, 0.3) is 0 Å². The molecular weight excluding hydrogens is 268 g/mol. The third-order valence-corrected chi connectivity index (χ3v) is 3.91. The van der Waals surface area contributed by atoms with E-state index in [0.717, 1.165) is 43.1 Å². The number of hydrogen-bond acceptors (Lipinski definition) is 4. The molecule has 1 aromatic carbocycles. The quantitative estimate of drug-likeness (QED) is 0.853. The van der Waals surface area contributed by atoms with Crippen molar-refractivity contribution >= 4 is 12.0 Å². The van der Waals surface area contributed by atoms with E-state index in [0.29, 0.717) is 5.92 Å². The van der Waals surface area contributed by atoms with Crippen molar-refractivity contribution in [2.45, 2.75) is 6.42 Å². The maximum Gasteiger partial charge on any atom is 0.246 e. The van der Waals surface area contributed by atoms with Crippen molar-refractivity contribution in [2.75, 3.05) is 33.5 Å². The number of nitrogens with one attached hydrogen (secondary N) is 1. The Morgan fingerprint density at radius 2 is 2.29 bits per heavy atom. The van der Waals surface area contributed by atoms with Crippen LogP contribution in [0.15, 0.2) is 24.3 Å². The summed E-state index contributed by atoms with van der Waals surface area (Å²) in [6.45, 7) is 2.92. The first kappa shape index (κ1) is 13.9. The molecule has 2 heterocycles. The second-order valence-electron chi connectivity index (χ2n) is 5.44. The molecule has 1 N–H and O–H groups in total. The monoisotopic (exact) mass is 288 g/mol. The summed E-state index contributed by atoms with van der Waals surface area (Å²) in [6, 6.07) is 5.68. The Labute approximate surface area is 124 Å². The molecule has 3 rings (SSSR count). The number of ether oxygens (including phenoxy) is 2. The molecule has 2 aliphatic heterocycles. The van der Waals surface area contributed by atoms with Gasteiger partial charge in [0.1, 0.15) is 0 Å². The van der Waals surface area contributed by atoms with Gasteiger partial charge in [0.2, 0.25) is 12.7 Å². The topological polar surface area (TPSA) is 50.8 Å². The molecule has 1 saturated heterocycles. The molecule has 112 valence electrons. The van der Waals surface area contributed by atoms with Crippen molar-refractivity contribution < 1.29 is 14.3 Å². The summed E-state index contributed by atoms with van der Waals surface area (Å²) in [5, 5.41) is 3.17. The predicted octanol–water partition coefficient (Wildman–Crippen LogP) is 1.50. The van der Waals surface area contributed by atoms with E-state index < -0.39 is 0 Å². The summed E-state index contributed by atoms with van der Waals surface area (Å²) in [5.41, 5.74) is 0.943. The predicted molar refractivity (Wildman–Crippen MR) is 80.2 cm³/mol. The first-order chi connectivity index (χ1) is 10.3. The SMILES string of the molecule is CNCC1CCN(C(=O)C=Cc2ccc3c(c2)OCO3)C1. The number of likely N-dealkylation sites (tertiary alicyclic amines) is 1. The molecule has 0 saturated carbocycles. The van der Waals surface area contributed by atoms with Gasteiger partial charge in [0, 0.05) is 19.2 Å². The van der Waals surface area contributed by atoms with E-state index in [1.807, 2.05) is 36.2 Å². The van der Waals surface area contributed by atoms with Gasteiger partial charge in [0.15, 0.2) is 11.5 Å². The Kier molecular flexibility index (Phi) is 4.10. The van der Waals surface area contributed by atoms with Crippen LogP contribution in [-0.2, 0) is 4.79 Å². The lowest BCUT2D eigenvalue weighted by atomic mass is 10.1. The zero-order chi connectivity index (χ0) is 14.7. The third-order valence-electron chi connectivity index (χ3n) is 3.91. The Morgan fingerprint density at radius 3 is 3.14 bits per heavy atom. The number of fused-ring (bicyclic) bond motifs is 1. The minimum atomic E-state index is 0.0752. The van der Waals surface area contributed by atoms with Gasteiger partial charge in [-0.1, -0.05) is 6.07 Å². The molecule has 1 fully saturated rings. The number of carbonyl (C=O) groups is 1. The minimum Gasteiger partial charge on any atom is -0.454 e. The highest BCUT2D eigenvalue weighted by molar-refractivity contribution is 5.92. The molecule has 1 amide bonds. The highest BCUT2D eigenvalue weighted by Gasteiger charge is 2.24. The highest BCUT2D eigenvalue weighted by Crippen LogP contribution is 2.32. The van der Waals surface area contributed by atoms with Gasteiger partial charge < -0.3 is 19.7 Å². The number of nitrogens with zero attached hydrogens (tertiary/aromatic N) is 1. The van der Waals surface area contributed by atoms with Crippen molar-refractivity contribution in [2.24, 2.45) is 5.92 Å². The van der Waals surface area contributed by atoms with Gasteiger partial charge in [-0.25, -0.2) is 0 Å². The Hall–Kier alpha value is -2.01. The molecular formula is C16H20N2O3. The van der Waals surface area contributed by atoms with Crippen LogP contribution >= 0.6 is 0 Å². The van der Waals surface area contributed by atoms with Crippen LogP contribution < -0.4 is 14.8 Å². The smallest absolute Gasteiger partial charge is 0.246 e. The lowest BCUT2D eigenvalue weighted by Gasteiger charge is -2.14. The fourth-order valence-electron chi connectivity index (χ4n) is 2.78. The zero-order valence-corrected chi connectivity index (χ0v) is 12.2. The van der Waals surface area contributed by atoms with Crippen LogP contribution in [0.25, 0.3) is 6.08 Å². The van der Waals surface area contributed by atoms with Crippen molar-refractivity contribution in [3.63, 3.8) is 0 Å². The zero-order valence-electron chi connectivity index (χ0n) is 12.2. The average molecular weight is 288 g/mol. The fraction of sp³-hybridized carbons (Fsp3) is 0.438. The van der Waals surface area contributed by atoms with Crippen LogP contribution in [0.1, 0.15) is 12.0 Å². The summed E-state index contributed by atoms with van der Waals surface area (Å²) in [7, 11) is 1.95. The van der Waals surface area contributed by atoms with E-state index in [4.69, 9.17) is 9.47 Å². The van der Waals surface area contributed by atoms with E-state index in [2.05, 4.69) is 5.32 Å². The van der Waals surface area contributed by atoms with Gasteiger partial charge >= 0.3 is 0 Å². The van der Waals surface area contributed by atoms with E-state index in [9.17, 15) is 4.79 Å². The molecule has 0 aromatic heterocycles. The standard InChI is InChI=1S/C16H20N2O3/c1-17-9-13-6-7-18(10-13)16(19)5-3-12-2-4-14-15(8-12)21-11-20-14/h2-5,8,13,17H,6-7,9-11H2,1H3. The molecule has 1 aromatic rings. The molecule has 5 nitrogen and oxygen atoms in total. The first-order valence-electron chi connectivity index (χ1n) is 7.27. The van der Waals surface area contributed by atoms with Crippen LogP contribution in [0.2, 0.25) is 0 Å². The van der Waals surface area contributed by atoms with E-state index in [1.54, 1.807) is 6.08 Å². The largest absolute Gasteiger partial charge is 0.454 e. The molecule has 2 aliphatic rings. The Bertz CT molecular complexity index is 556. The summed E-state index contributed by atoms with van der Waals surface area (Å²) in [5.74, 6) is 2.14. The molecule has 0 aliphatic carbocycles. The first-order valence-corrected chi connectivity index (χ1v) is 7.27. The van der Waals surface area contributed by atoms with Crippen molar-refractivity contribution in [1.29, 1.82) is 0 Å². The van der Waals surface area contributed by atoms with Gasteiger partial charge in [-0.2, -0.15) is 0 Å². The summed E-state index contributed by atoms with van der Waals surface area (Å²) >= 11 is 0. The van der Waals surface area contributed by atoms with Crippen LogP contribution in [0.4, 0.5) is 0 Å². The van der Waals surface area contributed by atoms with Crippen molar-refractivity contribution in [3.8, 4) is 11.5 Å². The summed E-state index contributed by atoms with van der Waals surface area (Å²) < 4.78 is 10.6. The van der Waals surface area contributed by atoms with Crippen molar-refractivity contribution in [1.82, 2.24) is 10.2 Å². The number of benzene rings is 1. The minimum absolute atomic E-state index is 0.0752. The molecule has 5 heteroatoms. The third kappa shape index (κ3) is 3.19. The van der Waals surface area contributed by atoms with Crippen LogP contribution in [0.5, 0.6) is 11.5 Å². The number of hydrogen-bond donors (Lipinski definition) is 1. The molecule has 0 spiro atoms. The number of rotatable bonds is 4. The molecule has 1 unspecified atom stereocenters. The second-order valence-corrected chi connectivity index (χ2v) is 5.44. The second kappa shape index (κ2) is 6.18. The van der Waals surface area contributed by atoms with Crippen molar-refractivity contribution in [3.05, 3.63) is 29.8 Å². The normalized spacial score (nSPS) is 20.4. The summed E-state index contributed by atoms with van der Waals surface area (Å²) in [4.78, 5) is 14.1. The Balaban J connectivity index is 1.60. The number of carbonyl (C=O) groups excluding carboxylic acids is 1. The maximum absolute atomic E-state index is 12.2. The van der Waals surface area contributed by atoms with E-state index in [1.165, 1.54) is 0 Å².